The molecule has 2 N–H and O–H groups in total. The van der Waals surface area contributed by atoms with Crippen molar-refractivity contribution in [3.8, 4) is 5.69 Å². The largest absolute Gasteiger partial charge is 0.336 e. The molecule has 0 atom stereocenters. The Balaban J connectivity index is 2.08. The van der Waals surface area contributed by atoms with E-state index in [2.05, 4.69) is 4.98 Å². The van der Waals surface area contributed by atoms with Crippen molar-refractivity contribution in [3.05, 3.63) is 81.1 Å². The van der Waals surface area contributed by atoms with Gasteiger partial charge >= 0.3 is 0 Å². The molecule has 0 unspecified atom stereocenters. The second kappa shape index (κ2) is 5.06. The van der Waals surface area contributed by atoms with Crippen molar-refractivity contribution < 1.29 is 0 Å². The Morgan fingerprint density at radius 1 is 0.917 bits per heavy atom. The molecule has 0 saturated heterocycles. The number of fused-ring (bicyclic) bond motifs is 2. The number of nitrogen functional groups attached to an aromatic ring is 1. The van der Waals surface area contributed by atoms with Crippen LogP contribution < -0.4 is 17.0 Å². The van der Waals surface area contributed by atoms with Gasteiger partial charge in [0, 0.05) is 18.1 Å². The Labute approximate surface area is 136 Å². The first-order valence-corrected chi connectivity index (χ1v) is 7.44. The Kier molecular flexibility index (Phi) is 2.99. The molecule has 6 heteroatoms. The molecule has 4 aromatic rings. The van der Waals surface area contributed by atoms with Crippen LogP contribution in [0, 0.1) is 6.92 Å². The maximum absolute atomic E-state index is 12.9. The third-order valence-electron chi connectivity index (χ3n) is 4.05. The maximum atomic E-state index is 12.9. The molecule has 118 valence electrons. The van der Waals surface area contributed by atoms with Crippen molar-refractivity contribution in [3.63, 3.8) is 0 Å². The van der Waals surface area contributed by atoms with E-state index in [-0.39, 0.29) is 11.1 Å². The van der Waals surface area contributed by atoms with E-state index in [4.69, 9.17) is 5.84 Å². The molecule has 0 bridgehead atoms. The number of nitrogens with two attached hydrogens (primary N) is 1. The molecule has 3 aromatic heterocycles. The number of aryl methyl sites for hydroxylation is 1. The smallest absolute Gasteiger partial charge is 0.278 e. The molecule has 3 heterocycles. The van der Waals surface area contributed by atoms with Crippen molar-refractivity contribution in [1.29, 1.82) is 0 Å². The summed E-state index contributed by atoms with van der Waals surface area (Å²) >= 11 is 0. The minimum atomic E-state index is -0.382. The predicted octanol–water partition coefficient (Wildman–Crippen LogP) is 1.72. The van der Waals surface area contributed by atoms with Crippen molar-refractivity contribution in [2.45, 2.75) is 6.92 Å². The zero-order chi connectivity index (χ0) is 16.8. The van der Waals surface area contributed by atoms with Crippen LogP contribution in [0.1, 0.15) is 5.56 Å². The van der Waals surface area contributed by atoms with Crippen molar-refractivity contribution in [1.82, 2.24) is 14.2 Å². The van der Waals surface area contributed by atoms with Crippen LogP contribution in [-0.4, -0.2) is 14.2 Å². The Bertz CT molecular complexity index is 1220. The number of aromatic nitrogens is 3. The zero-order valence-electron chi connectivity index (χ0n) is 12.9. The lowest BCUT2D eigenvalue weighted by Gasteiger charge is -2.09. The highest BCUT2D eigenvalue weighted by molar-refractivity contribution is 5.91. The molecule has 0 fully saturated rings. The summed E-state index contributed by atoms with van der Waals surface area (Å²) in [7, 11) is 0. The standard InChI is InChI=1S/C18H14N4O2/c1-11-3-2-4-12(9-11)21-7-5-15-13(17(21)23)10-14-16(20-15)6-8-22(19)18(14)24/h2-10H,19H2,1H3. The van der Waals surface area contributed by atoms with Crippen LogP contribution in [-0.2, 0) is 0 Å². The van der Waals surface area contributed by atoms with Crippen LogP contribution in [0.15, 0.2) is 64.4 Å². The van der Waals surface area contributed by atoms with Crippen LogP contribution in [0.4, 0.5) is 0 Å². The number of pyridine rings is 3. The lowest BCUT2D eigenvalue weighted by molar-refractivity contribution is 0.951. The van der Waals surface area contributed by atoms with Gasteiger partial charge in [-0.1, -0.05) is 12.1 Å². The lowest BCUT2D eigenvalue weighted by Crippen LogP contribution is -2.26. The summed E-state index contributed by atoms with van der Waals surface area (Å²) in [6.45, 7) is 1.97. The van der Waals surface area contributed by atoms with E-state index in [1.807, 2.05) is 31.2 Å². The van der Waals surface area contributed by atoms with Crippen molar-refractivity contribution in [2.75, 3.05) is 5.84 Å². The average molecular weight is 318 g/mol. The number of nitrogens with zero attached hydrogens (tertiary/aromatic N) is 3. The topological polar surface area (TPSA) is 82.9 Å². The van der Waals surface area contributed by atoms with Gasteiger partial charge in [-0.05, 0) is 42.8 Å². The molecule has 0 aliphatic rings. The maximum Gasteiger partial charge on any atom is 0.278 e. The van der Waals surface area contributed by atoms with Gasteiger partial charge in [0.05, 0.1) is 21.8 Å². The van der Waals surface area contributed by atoms with E-state index in [0.29, 0.717) is 21.8 Å². The van der Waals surface area contributed by atoms with Gasteiger partial charge in [-0.15, -0.1) is 0 Å². The highest BCUT2D eigenvalue weighted by Gasteiger charge is 2.10. The molecule has 0 aliphatic heterocycles. The Morgan fingerprint density at radius 3 is 2.38 bits per heavy atom. The number of hydrogen-bond donors (Lipinski definition) is 1. The summed E-state index contributed by atoms with van der Waals surface area (Å²) in [5.41, 5.74) is 2.28. The highest BCUT2D eigenvalue weighted by atomic mass is 16.1. The summed E-state index contributed by atoms with van der Waals surface area (Å²) in [5, 5.41) is 0.710. The van der Waals surface area contributed by atoms with Crippen LogP contribution in [0.25, 0.3) is 27.5 Å². The molecule has 0 aliphatic carbocycles. The fourth-order valence-electron chi connectivity index (χ4n) is 2.82. The number of benzene rings is 1. The molecule has 4 rings (SSSR count). The fraction of sp³-hybridized carbons (Fsp3) is 0.0556. The van der Waals surface area contributed by atoms with Crippen molar-refractivity contribution in [2.24, 2.45) is 0 Å². The van der Waals surface area contributed by atoms with Crippen molar-refractivity contribution >= 4 is 21.8 Å². The van der Waals surface area contributed by atoms with Gasteiger partial charge in [-0.3, -0.25) is 14.2 Å². The second-order valence-electron chi connectivity index (χ2n) is 5.71. The Hall–Kier alpha value is -3.41. The van der Waals surface area contributed by atoms with E-state index in [1.165, 1.54) is 6.20 Å². The molecular formula is C18H14N4O2. The van der Waals surface area contributed by atoms with Crippen LogP contribution in [0.2, 0.25) is 0 Å². The van der Waals surface area contributed by atoms with E-state index in [9.17, 15) is 9.59 Å². The SMILES string of the molecule is Cc1cccc(-n2ccc3nc4ccn(N)c(=O)c4cc3c2=O)c1. The molecule has 0 spiro atoms. The normalized spacial score (nSPS) is 11.2. The minimum absolute atomic E-state index is 0.223. The molecule has 0 radical (unpaired) electrons. The van der Waals surface area contributed by atoms with Gasteiger partial charge < -0.3 is 5.84 Å². The third-order valence-corrected chi connectivity index (χ3v) is 4.05. The summed E-state index contributed by atoms with van der Waals surface area (Å²) < 4.78 is 2.53. The van der Waals surface area contributed by atoms with Gasteiger partial charge in [-0.25, -0.2) is 9.66 Å². The van der Waals surface area contributed by atoms with Crippen LogP contribution >= 0.6 is 0 Å². The second-order valence-corrected chi connectivity index (χ2v) is 5.71. The van der Waals surface area contributed by atoms with Crippen LogP contribution in [0.5, 0.6) is 0 Å². The number of hydrogen-bond acceptors (Lipinski definition) is 4. The van der Waals surface area contributed by atoms with Crippen LogP contribution in [0.3, 0.4) is 0 Å². The van der Waals surface area contributed by atoms with Gasteiger partial charge in [0.1, 0.15) is 0 Å². The summed E-state index contributed by atoms with van der Waals surface area (Å²) in [6.07, 6.45) is 3.15. The first kappa shape index (κ1) is 14.2. The number of rotatable bonds is 1. The van der Waals surface area contributed by atoms with Gasteiger partial charge in [0.2, 0.25) is 0 Å². The molecule has 0 saturated carbocycles. The van der Waals surface area contributed by atoms with E-state index >= 15 is 0 Å². The highest BCUT2D eigenvalue weighted by Crippen LogP contribution is 2.16. The minimum Gasteiger partial charge on any atom is -0.336 e. The fourth-order valence-corrected chi connectivity index (χ4v) is 2.82. The first-order chi connectivity index (χ1) is 11.5. The Morgan fingerprint density at radius 2 is 1.62 bits per heavy atom. The van der Waals surface area contributed by atoms with Gasteiger partial charge in [0.15, 0.2) is 0 Å². The molecule has 0 amide bonds. The van der Waals surface area contributed by atoms with Gasteiger partial charge in [0.25, 0.3) is 11.1 Å². The van der Waals surface area contributed by atoms with E-state index in [0.717, 1.165) is 15.9 Å². The van der Waals surface area contributed by atoms with E-state index in [1.54, 1.807) is 29.0 Å². The predicted molar refractivity (Wildman–Crippen MR) is 94.0 cm³/mol. The molecular weight excluding hydrogens is 304 g/mol. The third kappa shape index (κ3) is 2.08. The van der Waals surface area contributed by atoms with Gasteiger partial charge in [-0.2, -0.15) is 0 Å². The monoisotopic (exact) mass is 318 g/mol. The quantitative estimate of drug-likeness (QED) is 0.428. The summed E-state index contributed by atoms with van der Waals surface area (Å²) in [4.78, 5) is 29.4. The average Bonchev–Trinajstić information content (AvgIpc) is 2.58. The summed E-state index contributed by atoms with van der Waals surface area (Å²) in [6, 6.07) is 12.6. The zero-order valence-corrected chi connectivity index (χ0v) is 12.9. The first-order valence-electron chi connectivity index (χ1n) is 7.44. The molecule has 1 aromatic carbocycles. The lowest BCUT2D eigenvalue weighted by atomic mass is 10.1. The van der Waals surface area contributed by atoms with E-state index < -0.39 is 0 Å². The molecule has 24 heavy (non-hydrogen) atoms. The summed E-state index contributed by atoms with van der Waals surface area (Å²) in [5.74, 6) is 5.60. The molecule has 6 nitrogen and oxygen atoms in total.